The second-order valence-corrected chi connectivity index (χ2v) is 6.79. The van der Waals surface area contributed by atoms with E-state index in [0.717, 1.165) is 0 Å². The van der Waals surface area contributed by atoms with Gasteiger partial charge in [-0.15, -0.1) is 0 Å². The topological polar surface area (TPSA) is 75.7 Å². The smallest absolute Gasteiger partial charge is 0.221 e. The zero-order valence-corrected chi connectivity index (χ0v) is 15.5. The Morgan fingerprint density at radius 1 is 0.929 bits per heavy atom. The van der Waals surface area contributed by atoms with Crippen LogP contribution < -0.4 is 5.32 Å². The van der Waals surface area contributed by atoms with Gasteiger partial charge in [-0.25, -0.2) is 0 Å². The quantitative estimate of drug-likeness (QED) is 0.892. The van der Waals surface area contributed by atoms with Gasteiger partial charge in [-0.2, -0.15) is 0 Å². The molecule has 1 fully saturated rings. The van der Waals surface area contributed by atoms with Gasteiger partial charge < -0.3 is 15.0 Å². The molecule has 6 nitrogen and oxygen atoms in total. The first-order valence-electron chi connectivity index (χ1n) is 9.19. The number of ketones is 2. The van der Waals surface area contributed by atoms with Crippen molar-refractivity contribution < 1.29 is 19.1 Å². The summed E-state index contributed by atoms with van der Waals surface area (Å²) in [7, 11) is 0. The maximum Gasteiger partial charge on any atom is 0.221 e. The van der Waals surface area contributed by atoms with E-state index in [4.69, 9.17) is 4.74 Å². The van der Waals surface area contributed by atoms with E-state index < -0.39 is 0 Å². The number of morpholine rings is 1. The summed E-state index contributed by atoms with van der Waals surface area (Å²) < 4.78 is 5.42. The molecule has 1 N–H and O–H groups in total. The molecule has 1 aliphatic carbocycles. The van der Waals surface area contributed by atoms with Gasteiger partial charge in [0.25, 0.3) is 0 Å². The number of Topliss-reactive ketones (excluding diaryl/α,β-unsaturated/α-hetero) is 2. The highest BCUT2D eigenvalue weighted by atomic mass is 16.5. The van der Waals surface area contributed by atoms with Gasteiger partial charge in [-0.3, -0.25) is 14.4 Å². The third-order valence-electron chi connectivity index (χ3n) is 4.92. The molecule has 1 heterocycles. The molecular weight excluding hydrogens is 356 g/mol. The fraction of sp³-hybridized carbons (Fsp3) is 0.227. The van der Waals surface area contributed by atoms with Crippen LogP contribution in [-0.2, 0) is 9.53 Å². The van der Waals surface area contributed by atoms with Gasteiger partial charge in [0.15, 0.2) is 5.78 Å². The molecule has 0 unspecified atom stereocenters. The number of rotatable bonds is 3. The van der Waals surface area contributed by atoms with E-state index in [9.17, 15) is 14.4 Å². The van der Waals surface area contributed by atoms with Crippen LogP contribution in [0.25, 0.3) is 5.57 Å². The summed E-state index contributed by atoms with van der Waals surface area (Å²) in [5.74, 6) is -0.471. The molecule has 0 radical (unpaired) electrons. The van der Waals surface area contributed by atoms with E-state index in [2.05, 4.69) is 5.32 Å². The SMILES string of the molecule is CC(=O)Nc1ccc(C2=C(N3CCOCC3)C(=O)c3ccccc3C2=O)cc1. The average molecular weight is 376 g/mol. The van der Waals surface area contributed by atoms with Crippen LogP contribution in [0.5, 0.6) is 0 Å². The zero-order valence-electron chi connectivity index (χ0n) is 15.5. The van der Waals surface area contributed by atoms with Crippen LogP contribution in [0.2, 0.25) is 0 Å². The average Bonchev–Trinajstić information content (AvgIpc) is 2.71. The van der Waals surface area contributed by atoms with Gasteiger partial charge in [-0.05, 0) is 17.7 Å². The normalized spacial score (nSPS) is 16.8. The maximum absolute atomic E-state index is 13.3. The van der Waals surface area contributed by atoms with Crippen LogP contribution in [0.1, 0.15) is 33.2 Å². The molecular formula is C22H20N2O4. The lowest BCUT2D eigenvalue weighted by atomic mass is 9.83. The zero-order chi connectivity index (χ0) is 19.7. The maximum atomic E-state index is 13.3. The van der Waals surface area contributed by atoms with E-state index in [-0.39, 0.29) is 17.5 Å². The van der Waals surface area contributed by atoms with Crippen LogP contribution in [0.3, 0.4) is 0 Å². The van der Waals surface area contributed by atoms with Crippen LogP contribution in [0.4, 0.5) is 5.69 Å². The lowest BCUT2D eigenvalue weighted by Gasteiger charge is -2.34. The van der Waals surface area contributed by atoms with Crippen LogP contribution in [0, 0.1) is 0 Å². The minimum absolute atomic E-state index is 0.141. The minimum Gasteiger partial charge on any atom is -0.378 e. The third-order valence-corrected chi connectivity index (χ3v) is 4.92. The first kappa shape index (κ1) is 18.1. The Morgan fingerprint density at radius 2 is 1.54 bits per heavy atom. The van der Waals surface area contributed by atoms with Crippen molar-refractivity contribution in [2.24, 2.45) is 0 Å². The number of fused-ring (bicyclic) bond motifs is 1. The molecule has 0 spiro atoms. The highest BCUT2D eigenvalue weighted by molar-refractivity contribution is 6.40. The highest BCUT2D eigenvalue weighted by Gasteiger charge is 2.36. The van der Waals surface area contributed by atoms with Gasteiger partial charge in [0.2, 0.25) is 11.7 Å². The summed E-state index contributed by atoms with van der Waals surface area (Å²) in [6.45, 7) is 3.59. The van der Waals surface area contributed by atoms with Crippen molar-refractivity contribution in [3.8, 4) is 0 Å². The Morgan fingerprint density at radius 3 is 2.14 bits per heavy atom. The first-order valence-corrected chi connectivity index (χ1v) is 9.19. The van der Waals surface area contributed by atoms with Gasteiger partial charge in [-0.1, -0.05) is 36.4 Å². The van der Waals surface area contributed by atoms with E-state index in [1.807, 2.05) is 4.90 Å². The standard InChI is InChI=1S/C22H20N2O4/c1-14(25)23-16-8-6-15(7-9-16)19-20(24-10-12-28-13-11-24)22(27)18-5-3-2-4-17(18)21(19)26/h2-9H,10-13H2,1H3,(H,23,25). The number of hydrogen-bond donors (Lipinski definition) is 1. The molecule has 2 aromatic rings. The molecule has 0 aromatic heterocycles. The highest BCUT2D eigenvalue weighted by Crippen LogP contribution is 2.34. The molecule has 2 aliphatic rings. The monoisotopic (exact) mass is 376 g/mol. The lowest BCUT2D eigenvalue weighted by Crippen LogP contribution is -2.40. The van der Waals surface area contributed by atoms with Crippen molar-refractivity contribution >= 4 is 28.7 Å². The lowest BCUT2D eigenvalue weighted by molar-refractivity contribution is -0.114. The van der Waals surface area contributed by atoms with E-state index in [1.165, 1.54) is 6.92 Å². The van der Waals surface area contributed by atoms with Crippen molar-refractivity contribution in [2.45, 2.75) is 6.92 Å². The fourth-order valence-corrected chi connectivity index (χ4v) is 3.64. The number of ether oxygens (including phenoxy) is 1. The molecule has 142 valence electrons. The Kier molecular flexibility index (Phi) is 4.79. The van der Waals surface area contributed by atoms with Crippen molar-refractivity contribution in [1.82, 2.24) is 4.90 Å². The Labute approximate surface area is 162 Å². The minimum atomic E-state index is -0.168. The predicted molar refractivity (Wildman–Crippen MR) is 105 cm³/mol. The van der Waals surface area contributed by atoms with E-state index >= 15 is 0 Å². The second kappa shape index (κ2) is 7.40. The number of benzene rings is 2. The Hall–Kier alpha value is -3.25. The summed E-state index contributed by atoms with van der Waals surface area (Å²) in [6.07, 6.45) is 0. The predicted octanol–water partition coefficient (Wildman–Crippen LogP) is 2.77. The van der Waals surface area contributed by atoms with Crippen molar-refractivity contribution in [1.29, 1.82) is 0 Å². The Bertz CT molecular complexity index is 986. The van der Waals surface area contributed by atoms with Crippen LogP contribution >= 0.6 is 0 Å². The number of nitrogens with zero attached hydrogens (tertiary/aromatic N) is 1. The van der Waals surface area contributed by atoms with Gasteiger partial charge in [0.05, 0.1) is 24.5 Å². The molecule has 1 saturated heterocycles. The largest absolute Gasteiger partial charge is 0.378 e. The summed E-state index contributed by atoms with van der Waals surface area (Å²) in [4.78, 5) is 39.8. The van der Waals surface area contributed by atoms with E-state index in [1.54, 1.807) is 48.5 Å². The van der Waals surface area contributed by atoms with Gasteiger partial charge in [0.1, 0.15) is 0 Å². The Balaban J connectivity index is 1.84. The molecule has 28 heavy (non-hydrogen) atoms. The summed E-state index contributed by atoms with van der Waals surface area (Å²) in [6, 6.07) is 13.9. The molecule has 1 amide bonds. The number of allylic oxidation sites excluding steroid dienone is 2. The molecule has 0 saturated carbocycles. The van der Waals surface area contributed by atoms with E-state index in [0.29, 0.717) is 60.0 Å². The van der Waals surface area contributed by atoms with Crippen LogP contribution in [-0.4, -0.2) is 48.7 Å². The summed E-state index contributed by atoms with van der Waals surface area (Å²) in [5.41, 5.74) is 2.99. The fourth-order valence-electron chi connectivity index (χ4n) is 3.64. The number of carbonyl (C=O) groups is 3. The molecule has 0 bridgehead atoms. The molecule has 6 heteroatoms. The van der Waals surface area contributed by atoms with Crippen molar-refractivity contribution in [3.63, 3.8) is 0 Å². The molecule has 1 aliphatic heterocycles. The van der Waals surface area contributed by atoms with Crippen molar-refractivity contribution in [2.75, 3.05) is 31.6 Å². The summed E-state index contributed by atoms with van der Waals surface area (Å²) >= 11 is 0. The number of amides is 1. The summed E-state index contributed by atoms with van der Waals surface area (Å²) in [5, 5.41) is 2.71. The molecule has 4 rings (SSSR count). The van der Waals surface area contributed by atoms with Crippen molar-refractivity contribution in [3.05, 3.63) is 70.9 Å². The number of nitrogens with one attached hydrogen (secondary N) is 1. The second-order valence-electron chi connectivity index (χ2n) is 6.79. The van der Waals surface area contributed by atoms with Gasteiger partial charge >= 0.3 is 0 Å². The molecule has 0 atom stereocenters. The van der Waals surface area contributed by atoms with Gasteiger partial charge in [0, 0.05) is 36.8 Å². The number of carbonyl (C=O) groups excluding carboxylic acids is 3. The van der Waals surface area contributed by atoms with Crippen LogP contribution in [0.15, 0.2) is 54.2 Å². The number of anilines is 1. The first-order chi connectivity index (χ1) is 13.6. The molecule has 2 aromatic carbocycles. The third kappa shape index (κ3) is 3.23. The number of hydrogen-bond acceptors (Lipinski definition) is 5.